The van der Waals surface area contributed by atoms with Crippen LogP contribution in [0.1, 0.15) is 27.8 Å². The summed E-state index contributed by atoms with van der Waals surface area (Å²) in [7, 11) is 0. The van der Waals surface area contributed by atoms with E-state index in [9.17, 15) is 9.59 Å². The first kappa shape index (κ1) is 19.2. The molecule has 8 heteroatoms. The standard InChI is InChI=1S/C20H20N2O6/c1-2-26-16-7-8-17-14(11-16)12-18(28-17)20(24)21-9-10-27-15-5-3-13(4-6-15)19(23)22-25/h3-8,11-12,25H,2,9-10H2,1H3,(H,21,24)(H,22,23). The van der Waals surface area contributed by atoms with Crippen LogP contribution in [-0.4, -0.2) is 36.8 Å². The molecule has 0 atom stereocenters. The van der Waals surface area contributed by atoms with Gasteiger partial charge in [-0.2, -0.15) is 0 Å². The first-order valence-corrected chi connectivity index (χ1v) is 8.72. The minimum Gasteiger partial charge on any atom is -0.494 e. The molecule has 3 rings (SSSR count). The van der Waals surface area contributed by atoms with E-state index in [0.717, 1.165) is 11.1 Å². The number of hydroxylamine groups is 1. The van der Waals surface area contributed by atoms with E-state index in [1.165, 1.54) is 12.1 Å². The van der Waals surface area contributed by atoms with Gasteiger partial charge in [-0.3, -0.25) is 14.8 Å². The van der Waals surface area contributed by atoms with Crippen molar-refractivity contribution in [3.05, 3.63) is 59.9 Å². The van der Waals surface area contributed by atoms with Crippen LogP contribution in [0.4, 0.5) is 0 Å². The average molecular weight is 384 g/mol. The highest BCUT2D eigenvalue weighted by atomic mass is 16.5. The zero-order valence-corrected chi connectivity index (χ0v) is 15.2. The Balaban J connectivity index is 1.50. The molecule has 0 saturated heterocycles. The van der Waals surface area contributed by atoms with Crippen LogP contribution in [0.5, 0.6) is 11.5 Å². The van der Waals surface area contributed by atoms with Crippen molar-refractivity contribution in [1.29, 1.82) is 0 Å². The van der Waals surface area contributed by atoms with Gasteiger partial charge in [-0.15, -0.1) is 0 Å². The topological polar surface area (TPSA) is 110 Å². The summed E-state index contributed by atoms with van der Waals surface area (Å²) in [6, 6.07) is 13.3. The molecule has 28 heavy (non-hydrogen) atoms. The van der Waals surface area contributed by atoms with E-state index in [0.29, 0.717) is 23.5 Å². The van der Waals surface area contributed by atoms with Crippen LogP contribution in [0.3, 0.4) is 0 Å². The molecule has 0 radical (unpaired) electrons. The molecule has 3 aromatic rings. The van der Waals surface area contributed by atoms with Gasteiger partial charge in [0.25, 0.3) is 11.8 Å². The molecule has 0 bridgehead atoms. The quantitative estimate of drug-likeness (QED) is 0.313. The fourth-order valence-electron chi connectivity index (χ4n) is 2.58. The fraction of sp³-hybridized carbons (Fsp3) is 0.200. The number of hydrogen-bond acceptors (Lipinski definition) is 6. The molecule has 1 heterocycles. The molecule has 146 valence electrons. The summed E-state index contributed by atoms with van der Waals surface area (Å²) in [5, 5.41) is 12.1. The summed E-state index contributed by atoms with van der Waals surface area (Å²) in [4.78, 5) is 23.5. The zero-order valence-electron chi connectivity index (χ0n) is 15.2. The van der Waals surface area contributed by atoms with E-state index in [2.05, 4.69) is 5.32 Å². The van der Waals surface area contributed by atoms with E-state index in [4.69, 9.17) is 19.1 Å². The Bertz CT molecular complexity index is 964. The van der Waals surface area contributed by atoms with Crippen LogP contribution < -0.4 is 20.3 Å². The highest BCUT2D eigenvalue weighted by Crippen LogP contribution is 2.24. The van der Waals surface area contributed by atoms with Crippen LogP contribution in [0.25, 0.3) is 11.0 Å². The number of carbonyl (C=O) groups excluding carboxylic acids is 2. The van der Waals surface area contributed by atoms with Crippen LogP contribution >= 0.6 is 0 Å². The summed E-state index contributed by atoms with van der Waals surface area (Å²) in [6.45, 7) is 2.99. The highest BCUT2D eigenvalue weighted by molar-refractivity contribution is 5.96. The van der Waals surface area contributed by atoms with Gasteiger partial charge in [0.1, 0.15) is 23.7 Å². The fourth-order valence-corrected chi connectivity index (χ4v) is 2.58. The molecule has 0 unspecified atom stereocenters. The molecule has 3 N–H and O–H groups in total. The van der Waals surface area contributed by atoms with Crippen molar-refractivity contribution < 1.29 is 28.7 Å². The molecule has 0 spiro atoms. The van der Waals surface area contributed by atoms with Crippen molar-refractivity contribution in [3.63, 3.8) is 0 Å². The molecule has 0 fully saturated rings. The van der Waals surface area contributed by atoms with Gasteiger partial charge in [0.2, 0.25) is 0 Å². The van der Waals surface area contributed by atoms with Crippen molar-refractivity contribution in [2.45, 2.75) is 6.92 Å². The second-order valence-corrected chi connectivity index (χ2v) is 5.81. The zero-order chi connectivity index (χ0) is 19.9. The van der Waals surface area contributed by atoms with Crippen LogP contribution in [0.2, 0.25) is 0 Å². The lowest BCUT2D eigenvalue weighted by Gasteiger charge is -2.07. The first-order chi connectivity index (χ1) is 13.6. The number of rotatable bonds is 8. The van der Waals surface area contributed by atoms with Crippen molar-refractivity contribution >= 4 is 22.8 Å². The number of carbonyl (C=O) groups is 2. The van der Waals surface area contributed by atoms with Gasteiger partial charge < -0.3 is 19.2 Å². The third-order valence-electron chi connectivity index (χ3n) is 3.90. The lowest BCUT2D eigenvalue weighted by molar-refractivity contribution is 0.0706. The molecule has 0 saturated carbocycles. The van der Waals surface area contributed by atoms with E-state index >= 15 is 0 Å². The maximum Gasteiger partial charge on any atom is 0.287 e. The normalized spacial score (nSPS) is 10.5. The first-order valence-electron chi connectivity index (χ1n) is 8.72. The maximum atomic E-state index is 12.2. The molecule has 8 nitrogen and oxygen atoms in total. The van der Waals surface area contributed by atoms with Gasteiger partial charge in [0.15, 0.2) is 5.76 Å². The number of benzene rings is 2. The third kappa shape index (κ3) is 4.60. The van der Waals surface area contributed by atoms with Crippen molar-refractivity contribution in [2.75, 3.05) is 19.8 Å². The largest absolute Gasteiger partial charge is 0.494 e. The summed E-state index contributed by atoms with van der Waals surface area (Å²) in [6.07, 6.45) is 0. The number of nitrogens with one attached hydrogen (secondary N) is 2. The second kappa shape index (κ2) is 8.92. The Morgan fingerprint density at radius 3 is 2.46 bits per heavy atom. The average Bonchev–Trinajstić information content (AvgIpc) is 3.15. The van der Waals surface area contributed by atoms with Crippen LogP contribution in [0.15, 0.2) is 52.9 Å². The van der Waals surface area contributed by atoms with Gasteiger partial charge in [-0.1, -0.05) is 0 Å². The van der Waals surface area contributed by atoms with Gasteiger partial charge in [-0.05, 0) is 55.5 Å². The van der Waals surface area contributed by atoms with E-state index in [-0.39, 0.29) is 24.8 Å². The summed E-state index contributed by atoms with van der Waals surface area (Å²) in [5.74, 6) is 0.531. The van der Waals surface area contributed by atoms with E-state index in [1.807, 2.05) is 13.0 Å². The Kier molecular flexibility index (Phi) is 6.13. The molecule has 2 aromatic carbocycles. The van der Waals surface area contributed by atoms with Gasteiger partial charge in [0, 0.05) is 10.9 Å². The predicted molar refractivity (Wildman–Crippen MR) is 101 cm³/mol. The highest BCUT2D eigenvalue weighted by Gasteiger charge is 2.12. The van der Waals surface area contributed by atoms with Gasteiger partial charge >= 0.3 is 0 Å². The molecular formula is C20H20N2O6. The smallest absolute Gasteiger partial charge is 0.287 e. The predicted octanol–water partition coefficient (Wildman–Crippen LogP) is 2.76. The minimum absolute atomic E-state index is 0.211. The summed E-state index contributed by atoms with van der Waals surface area (Å²) < 4.78 is 16.5. The Labute approximate surface area is 161 Å². The second-order valence-electron chi connectivity index (χ2n) is 5.81. The number of hydrogen-bond donors (Lipinski definition) is 3. The molecule has 1 aromatic heterocycles. The number of amides is 2. The summed E-state index contributed by atoms with van der Waals surface area (Å²) in [5.41, 5.74) is 2.47. The minimum atomic E-state index is -0.599. The Morgan fingerprint density at radius 2 is 1.75 bits per heavy atom. The van der Waals surface area contributed by atoms with Gasteiger partial charge in [0.05, 0.1) is 13.2 Å². The Morgan fingerprint density at radius 1 is 1.00 bits per heavy atom. The molecule has 0 aliphatic rings. The Hall–Kier alpha value is -3.52. The number of fused-ring (bicyclic) bond motifs is 1. The monoisotopic (exact) mass is 384 g/mol. The number of furan rings is 1. The molecule has 0 aliphatic heterocycles. The SMILES string of the molecule is CCOc1ccc2oc(C(=O)NCCOc3ccc(C(=O)NO)cc3)cc2c1. The lowest BCUT2D eigenvalue weighted by Crippen LogP contribution is -2.27. The van der Waals surface area contributed by atoms with E-state index < -0.39 is 5.91 Å². The maximum absolute atomic E-state index is 12.2. The van der Waals surface area contributed by atoms with Crippen molar-refractivity contribution in [3.8, 4) is 11.5 Å². The molecular weight excluding hydrogens is 364 g/mol. The van der Waals surface area contributed by atoms with E-state index in [1.54, 1.807) is 35.8 Å². The van der Waals surface area contributed by atoms with Crippen molar-refractivity contribution in [1.82, 2.24) is 10.8 Å². The molecule has 0 aliphatic carbocycles. The number of ether oxygens (including phenoxy) is 2. The van der Waals surface area contributed by atoms with Crippen molar-refractivity contribution in [2.24, 2.45) is 0 Å². The summed E-state index contributed by atoms with van der Waals surface area (Å²) >= 11 is 0. The lowest BCUT2D eigenvalue weighted by atomic mass is 10.2. The third-order valence-corrected chi connectivity index (χ3v) is 3.90. The van der Waals surface area contributed by atoms with Crippen LogP contribution in [0, 0.1) is 0 Å². The molecule has 2 amide bonds. The van der Waals surface area contributed by atoms with Gasteiger partial charge in [-0.25, -0.2) is 5.48 Å². The van der Waals surface area contributed by atoms with Crippen LogP contribution in [-0.2, 0) is 0 Å².